The fourth-order valence-corrected chi connectivity index (χ4v) is 3.62. The van der Waals surface area contributed by atoms with Gasteiger partial charge < -0.3 is 15.5 Å². The maximum absolute atomic E-state index is 13.3. The van der Waals surface area contributed by atoms with Crippen LogP contribution in [0.15, 0.2) is 84.9 Å². The third kappa shape index (κ3) is 6.29. The second-order valence-electron chi connectivity index (χ2n) is 7.59. The van der Waals surface area contributed by atoms with Gasteiger partial charge in [0.25, 0.3) is 11.8 Å². The van der Waals surface area contributed by atoms with Crippen LogP contribution < -0.4 is 10.6 Å². The second-order valence-corrected chi connectivity index (χ2v) is 7.59. The number of carbonyl (C=O) groups excluding carboxylic acids is 3. The van der Waals surface area contributed by atoms with Crippen molar-refractivity contribution >= 4 is 23.4 Å². The Morgan fingerprint density at radius 2 is 1.33 bits per heavy atom. The molecule has 33 heavy (non-hydrogen) atoms. The molecular formula is C27H29N3O3. The molecule has 0 saturated carbocycles. The minimum Gasteiger partial charge on any atom is -0.341 e. The molecule has 0 radical (unpaired) electrons. The van der Waals surface area contributed by atoms with Crippen LogP contribution in [0, 0.1) is 0 Å². The molecule has 0 fully saturated rings. The largest absolute Gasteiger partial charge is 0.341 e. The lowest BCUT2D eigenvalue weighted by molar-refractivity contribution is -0.132. The molecule has 0 aliphatic rings. The normalized spacial score (nSPS) is 11.3. The Bertz CT molecular complexity index is 1080. The summed E-state index contributed by atoms with van der Waals surface area (Å²) >= 11 is 0. The quantitative estimate of drug-likeness (QED) is 0.522. The number of anilines is 1. The van der Waals surface area contributed by atoms with Crippen molar-refractivity contribution in [3.05, 3.63) is 102 Å². The average Bonchev–Trinajstić information content (AvgIpc) is 2.85. The standard InChI is InChI=1S/C27H29N3O3/c1-3-30(4-2)27(33)24(19-20-13-7-5-8-14-20)29-26(32)22-17-11-12-18-23(22)28-25(31)21-15-9-6-10-16-21/h5-18,24H,3-4,19H2,1-2H3,(H,28,31)(H,29,32). The van der Waals surface area contributed by atoms with Crippen molar-refractivity contribution < 1.29 is 14.4 Å². The summed E-state index contributed by atoms with van der Waals surface area (Å²) in [5.41, 5.74) is 2.13. The highest BCUT2D eigenvalue weighted by Crippen LogP contribution is 2.17. The summed E-state index contributed by atoms with van der Waals surface area (Å²) < 4.78 is 0. The van der Waals surface area contributed by atoms with E-state index in [1.165, 1.54) is 0 Å². The van der Waals surface area contributed by atoms with Crippen LogP contribution in [-0.4, -0.2) is 41.8 Å². The van der Waals surface area contributed by atoms with Crippen molar-refractivity contribution in [1.82, 2.24) is 10.2 Å². The monoisotopic (exact) mass is 443 g/mol. The number of nitrogens with zero attached hydrogens (tertiary/aromatic N) is 1. The van der Waals surface area contributed by atoms with E-state index in [-0.39, 0.29) is 11.8 Å². The Hall–Kier alpha value is -3.93. The van der Waals surface area contributed by atoms with Crippen LogP contribution in [0.2, 0.25) is 0 Å². The smallest absolute Gasteiger partial charge is 0.255 e. The molecule has 1 unspecified atom stereocenters. The lowest BCUT2D eigenvalue weighted by Crippen LogP contribution is -2.49. The van der Waals surface area contributed by atoms with Crippen LogP contribution in [0.25, 0.3) is 0 Å². The van der Waals surface area contributed by atoms with Gasteiger partial charge in [0.15, 0.2) is 0 Å². The molecule has 3 aromatic rings. The molecule has 0 aliphatic heterocycles. The van der Waals surface area contributed by atoms with E-state index in [0.717, 1.165) is 5.56 Å². The Morgan fingerprint density at radius 1 is 0.758 bits per heavy atom. The number of nitrogens with one attached hydrogen (secondary N) is 2. The number of hydrogen-bond donors (Lipinski definition) is 2. The summed E-state index contributed by atoms with van der Waals surface area (Å²) in [6.07, 6.45) is 0.375. The minimum atomic E-state index is -0.724. The van der Waals surface area contributed by atoms with Gasteiger partial charge in [0.1, 0.15) is 6.04 Å². The van der Waals surface area contributed by atoms with E-state index in [9.17, 15) is 14.4 Å². The third-order valence-electron chi connectivity index (χ3n) is 5.42. The van der Waals surface area contributed by atoms with Crippen LogP contribution in [-0.2, 0) is 11.2 Å². The summed E-state index contributed by atoms with van der Waals surface area (Å²) in [4.78, 5) is 40.7. The van der Waals surface area contributed by atoms with Crippen molar-refractivity contribution in [1.29, 1.82) is 0 Å². The van der Waals surface area contributed by atoms with Crippen LogP contribution in [0.4, 0.5) is 5.69 Å². The van der Waals surface area contributed by atoms with Crippen LogP contribution >= 0.6 is 0 Å². The molecule has 3 rings (SSSR count). The van der Waals surface area contributed by atoms with E-state index in [0.29, 0.717) is 36.3 Å². The summed E-state index contributed by atoms with van der Waals surface area (Å²) in [5.74, 6) is -0.862. The van der Waals surface area contributed by atoms with Gasteiger partial charge in [-0.2, -0.15) is 0 Å². The average molecular weight is 444 g/mol. The lowest BCUT2D eigenvalue weighted by atomic mass is 10.0. The van der Waals surface area contributed by atoms with E-state index >= 15 is 0 Å². The highest BCUT2D eigenvalue weighted by Gasteiger charge is 2.26. The molecule has 2 N–H and O–H groups in total. The molecule has 0 heterocycles. The molecule has 0 aromatic heterocycles. The van der Waals surface area contributed by atoms with Gasteiger partial charge in [-0.25, -0.2) is 0 Å². The van der Waals surface area contributed by atoms with Crippen molar-refractivity contribution in [2.24, 2.45) is 0 Å². The van der Waals surface area contributed by atoms with E-state index in [1.807, 2.05) is 50.2 Å². The Labute approximate surface area is 194 Å². The van der Waals surface area contributed by atoms with Gasteiger partial charge in [-0.3, -0.25) is 14.4 Å². The number of amides is 3. The van der Waals surface area contributed by atoms with Gasteiger partial charge in [-0.05, 0) is 43.7 Å². The fourth-order valence-electron chi connectivity index (χ4n) is 3.62. The molecule has 0 saturated heterocycles. The Kier molecular flexibility index (Phi) is 8.36. The third-order valence-corrected chi connectivity index (χ3v) is 5.42. The van der Waals surface area contributed by atoms with Crippen LogP contribution in [0.5, 0.6) is 0 Å². The molecule has 3 aromatic carbocycles. The highest BCUT2D eigenvalue weighted by atomic mass is 16.2. The first-order valence-electron chi connectivity index (χ1n) is 11.1. The molecule has 0 aliphatic carbocycles. The molecule has 0 bridgehead atoms. The topological polar surface area (TPSA) is 78.5 Å². The highest BCUT2D eigenvalue weighted by molar-refractivity contribution is 6.09. The van der Waals surface area contributed by atoms with E-state index in [2.05, 4.69) is 10.6 Å². The molecular weight excluding hydrogens is 414 g/mol. The Balaban J connectivity index is 1.83. The van der Waals surface area contributed by atoms with Crippen molar-refractivity contribution in [3.8, 4) is 0 Å². The molecule has 6 heteroatoms. The van der Waals surface area contributed by atoms with Gasteiger partial charge in [-0.1, -0.05) is 60.7 Å². The maximum atomic E-state index is 13.3. The van der Waals surface area contributed by atoms with Gasteiger partial charge in [-0.15, -0.1) is 0 Å². The molecule has 1 atom stereocenters. The summed E-state index contributed by atoms with van der Waals surface area (Å²) in [7, 11) is 0. The minimum absolute atomic E-state index is 0.136. The van der Waals surface area contributed by atoms with E-state index in [4.69, 9.17) is 0 Å². The van der Waals surface area contributed by atoms with Gasteiger partial charge in [0.05, 0.1) is 11.3 Å². The molecule has 170 valence electrons. The first kappa shape index (κ1) is 23.7. The molecule has 0 spiro atoms. The van der Waals surface area contributed by atoms with Crippen LogP contribution in [0.3, 0.4) is 0 Å². The van der Waals surface area contributed by atoms with E-state index < -0.39 is 11.9 Å². The number of carbonyl (C=O) groups is 3. The SMILES string of the molecule is CCN(CC)C(=O)C(Cc1ccccc1)NC(=O)c1ccccc1NC(=O)c1ccccc1. The molecule has 6 nitrogen and oxygen atoms in total. The first-order chi connectivity index (χ1) is 16.0. The van der Waals surface area contributed by atoms with Crippen molar-refractivity contribution in [2.75, 3.05) is 18.4 Å². The predicted octanol–water partition coefficient (Wildman–Crippen LogP) is 4.15. The number of rotatable bonds is 9. The Morgan fingerprint density at radius 3 is 1.97 bits per heavy atom. The number of hydrogen-bond acceptors (Lipinski definition) is 3. The molecule has 3 amide bonds. The number of benzene rings is 3. The zero-order valence-corrected chi connectivity index (χ0v) is 19.0. The summed E-state index contributed by atoms with van der Waals surface area (Å²) in [6, 6.07) is 24.5. The van der Waals surface area contributed by atoms with Gasteiger partial charge in [0.2, 0.25) is 5.91 Å². The predicted molar refractivity (Wildman–Crippen MR) is 130 cm³/mol. The first-order valence-corrected chi connectivity index (χ1v) is 11.1. The zero-order valence-electron chi connectivity index (χ0n) is 19.0. The lowest BCUT2D eigenvalue weighted by Gasteiger charge is -2.26. The number of para-hydroxylation sites is 1. The zero-order chi connectivity index (χ0) is 23.6. The van der Waals surface area contributed by atoms with Crippen molar-refractivity contribution in [2.45, 2.75) is 26.3 Å². The van der Waals surface area contributed by atoms with Crippen molar-refractivity contribution in [3.63, 3.8) is 0 Å². The fraction of sp³-hybridized carbons (Fsp3) is 0.222. The summed E-state index contributed by atoms with van der Waals surface area (Å²) in [6.45, 7) is 4.94. The second kappa shape index (κ2) is 11.6. The summed E-state index contributed by atoms with van der Waals surface area (Å²) in [5, 5.41) is 5.71. The van der Waals surface area contributed by atoms with E-state index in [1.54, 1.807) is 53.4 Å². The van der Waals surface area contributed by atoms with Gasteiger partial charge >= 0.3 is 0 Å². The number of likely N-dealkylation sites (N-methyl/N-ethyl adjacent to an activating group) is 1. The van der Waals surface area contributed by atoms with Crippen LogP contribution in [0.1, 0.15) is 40.1 Å². The van der Waals surface area contributed by atoms with Gasteiger partial charge in [0, 0.05) is 25.1 Å². The maximum Gasteiger partial charge on any atom is 0.255 e.